The van der Waals surface area contributed by atoms with Gasteiger partial charge in [0.15, 0.2) is 12.6 Å². The van der Waals surface area contributed by atoms with Gasteiger partial charge in [0, 0.05) is 30.8 Å². The van der Waals surface area contributed by atoms with Crippen LogP contribution < -0.4 is 0 Å². The highest BCUT2D eigenvalue weighted by Crippen LogP contribution is 2.42. The van der Waals surface area contributed by atoms with Crippen LogP contribution in [-0.4, -0.2) is 56.3 Å². The zero-order chi connectivity index (χ0) is 27.9. The fraction of sp³-hybridized carbons (Fsp3) is 0.844. The molecule has 3 fully saturated rings. The summed E-state index contributed by atoms with van der Waals surface area (Å²) in [6, 6.07) is 0. The number of unbranched alkanes of at least 4 members (excludes halogenated alkanes) is 2. The minimum atomic E-state index is -0.145. The summed E-state index contributed by atoms with van der Waals surface area (Å²) in [5.41, 5.74) is 0. The SMILES string of the molecule is CCCC[C@H](C)[C@@H](C=C[C@@H]1[C@@H](CC=CCCCC(=O)OC)[C@@H](S)C[C@H]1OC1CCCCO1)OC1CCCCO1. The molecule has 0 N–H and O–H groups in total. The average molecular weight is 567 g/mol. The number of carbonyl (C=O) groups excluding carboxylic acids is 1. The number of allylic oxidation sites excluding steroid dienone is 2. The molecule has 6 nitrogen and oxygen atoms in total. The van der Waals surface area contributed by atoms with Gasteiger partial charge in [-0.05, 0) is 82.5 Å². The molecule has 0 radical (unpaired) electrons. The molecule has 1 aliphatic carbocycles. The summed E-state index contributed by atoms with van der Waals surface area (Å²) in [7, 11) is 1.44. The molecule has 224 valence electrons. The van der Waals surface area contributed by atoms with E-state index in [4.69, 9.17) is 36.3 Å². The van der Waals surface area contributed by atoms with Crippen LogP contribution in [0.25, 0.3) is 0 Å². The van der Waals surface area contributed by atoms with Gasteiger partial charge in [-0.1, -0.05) is 51.0 Å². The van der Waals surface area contributed by atoms with Gasteiger partial charge in [0.2, 0.25) is 0 Å². The Morgan fingerprint density at radius 2 is 1.79 bits per heavy atom. The van der Waals surface area contributed by atoms with Gasteiger partial charge in [-0.2, -0.15) is 12.6 Å². The zero-order valence-electron chi connectivity index (χ0n) is 24.6. The summed E-state index contributed by atoms with van der Waals surface area (Å²) in [4.78, 5) is 11.4. The zero-order valence-corrected chi connectivity index (χ0v) is 25.5. The number of esters is 1. The topological polar surface area (TPSA) is 63.2 Å². The van der Waals surface area contributed by atoms with Crippen molar-refractivity contribution in [3.63, 3.8) is 0 Å². The fourth-order valence-corrected chi connectivity index (χ4v) is 6.50. The molecule has 8 atom stereocenters. The van der Waals surface area contributed by atoms with Gasteiger partial charge in [0.1, 0.15) is 0 Å². The molecular weight excluding hydrogens is 512 g/mol. The van der Waals surface area contributed by atoms with Gasteiger partial charge in [-0.3, -0.25) is 4.79 Å². The van der Waals surface area contributed by atoms with Gasteiger partial charge >= 0.3 is 5.97 Å². The quantitative estimate of drug-likeness (QED) is 0.0908. The Labute approximate surface area is 243 Å². The first-order chi connectivity index (χ1) is 19.0. The standard InChI is InChI=1S/C32H54O6S/c1-4-5-14-24(2)27(37-31-17-10-12-21-35-31)20-19-25-26(15-8-6-7-9-16-30(33)34-3)29(39)23-28(25)38-32-18-11-13-22-36-32/h6,8,19-20,24-29,31-32,39H,4-5,7,9-18,21-23H2,1-3H3/t24-,25+,26+,27+,28+,29-,31?,32?/m0/s1. The molecule has 1 saturated carbocycles. The van der Waals surface area contributed by atoms with E-state index >= 15 is 0 Å². The Bertz CT molecular complexity index is 730. The number of hydrogen-bond acceptors (Lipinski definition) is 7. The van der Waals surface area contributed by atoms with Crippen molar-refractivity contribution in [3.05, 3.63) is 24.3 Å². The lowest BCUT2D eigenvalue weighted by Gasteiger charge is -2.31. The molecule has 0 aromatic rings. The van der Waals surface area contributed by atoms with Crippen LogP contribution in [0.1, 0.15) is 104 Å². The van der Waals surface area contributed by atoms with E-state index in [1.54, 1.807) is 0 Å². The Morgan fingerprint density at radius 3 is 2.46 bits per heavy atom. The summed E-state index contributed by atoms with van der Waals surface area (Å²) in [6.45, 7) is 6.13. The van der Waals surface area contributed by atoms with Crippen LogP contribution in [0, 0.1) is 17.8 Å². The van der Waals surface area contributed by atoms with Crippen LogP contribution in [0.4, 0.5) is 0 Å². The molecule has 39 heavy (non-hydrogen) atoms. The second kappa shape index (κ2) is 18.5. The highest BCUT2D eigenvalue weighted by molar-refractivity contribution is 7.81. The summed E-state index contributed by atoms with van der Waals surface area (Å²) < 4.78 is 29.8. The van der Waals surface area contributed by atoms with Crippen LogP contribution in [0.15, 0.2) is 24.3 Å². The van der Waals surface area contributed by atoms with Crippen LogP contribution in [0.2, 0.25) is 0 Å². The van der Waals surface area contributed by atoms with Crippen molar-refractivity contribution in [2.45, 2.75) is 134 Å². The lowest BCUT2D eigenvalue weighted by molar-refractivity contribution is -0.193. The number of thiol groups is 1. The van der Waals surface area contributed by atoms with E-state index < -0.39 is 0 Å². The van der Waals surface area contributed by atoms with Crippen molar-refractivity contribution in [1.29, 1.82) is 0 Å². The molecule has 0 bridgehead atoms. The van der Waals surface area contributed by atoms with Crippen molar-refractivity contribution >= 4 is 18.6 Å². The minimum Gasteiger partial charge on any atom is -0.469 e. The van der Waals surface area contributed by atoms with E-state index in [-0.39, 0.29) is 41.9 Å². The van der Waals surface area contributed by atoms with Crippen LogP contribution in [0.5, 0.6) is 0 Å². The Morgan fingerprint density at radius 1 is 1.05 bits per heavy atom. The van der Waals surface area contributed by atoms with Crippen LogP contribution in [0.3, 0.4) is 0 Å². The normalized spacial score (nSPS) is 31.6. The highest BCUT2D eigenvalue weighted by Gasteiger charge is 2.42. The largest absolute Gasteiger partial charge is 0.469 e. The molecule has 3 rings (SSSR count). The Balaban J connectivity index is 1.69. The number of rotatable bonds is 16. The average Bonchev–Trinajstić information content (AvgIpc) is 3.25. The molecule has 0 spiro atoms. The molecule has 2 aliphatic heterocycles. The molecule has 3 aliphatic rings. The Hall–Kier alpha value is -0.860. The third-order valence-electron chi connectivity index (χ3n) is 8.45. The van der Waals surface area contributed by atoms with Crippen molar-refractivity contribution in [2.75, 3.05) is 20.3 Å². The van der Waals surface area contributed by atoms with E-state index in [1.165, 1.54) is 26.4 Å². The van der Waals surface area contributed by atoms with Gasteiger partial charge in [0.25, 0.3) is 0 Å². The van der Waals surface area contributed by atoms with E-state index in [0.29, 0.717) is 18.3 Å². The van der Waals surface area contributed by atoms with Gasteiger partial charge in [-0.25, -0.2) is 0 Å². The molecule has 7 heteroatoms. The third-order valence-corrected chi connectivity index (χ3v) is 9.05. The molecular formula is C32H54O6S. The van der Waals surface area contributed by atoms with E-state index in [2.05, 4.69) is 38.2 Å². The third kappa shape index (κ3) is 11.5. The maximum absolute atomic E-state index is 11.4. The predicted molar refractivity (Wildman–Crippen MR) is 159 cm³/mol. The number of hydrogen-bond donors (Lipinski definition) is 1. The second-order valence-electron chi connectivity index (χ2n) is 11.6. The first kappa shape index (κ1) is 32.7. The van der Waals surface area contributed by atoms with Crippen molar-refractivity contribution < 1.29 is 28.5 Å². The molecule has 0 aromatic carbocycles. The van der Waals surface area contributed by atoms with Crippen molar-refractivity contribution in [3.8, 4) is 0 Å². The fourth-order valence-electron chi connectivity index (χ4n) is 5.97. The molecule has 0 aromatic heterocycles. The van der Waals surface area contributed by atoms with E-state index in [1.807, 2.05) is 0 Å². The van der Waals surface area contributed by atoms with Gasteiger partial charge < -0.3 is 23.7 Å². The smallest absolute Gasteiger partial charge is 0.305 e. The maximum atomic E-state index is 11.4. The number of ether oxygens (including phenoxy) is 5. The molecule has 2 heterocycles. The predicted octanol–water partition coefficient (Wildman–Crippen LogP) is 7.42. The lowest BCUT2D eigenvalue weighted by atomic mass is 9.89. The van der Waals surface area contributed by atoms with Crippen molar-refractivity contribution in [1.82, 2.24) is 0 Å². The second-order valence-corrected chi connectivity index (χ2v) is 12.3. The van der Waals surface area contributed by atoms with Crippen LogP contribution >= 0.6 is 12.6 Å². The highest BCUT2D eigenvalue weighted by atomic mass is 32.1. The molecule has 2 saturated heterocycles. The minimum absolute atomic E-state index is 0.0275. The van der Waals surface area contributed by atoms with E-state index in [9.17, 15) is 4.79 Å². The van der Waals surface area contributed by atoms with Gasteiger partial charge in [0.05, 0.1) is 19.3 Å². The van der Waals surface area contributed by atoms with Crippen LogP contribution in [-0.2, 0) is 28.5 Å². The number of methoxy groups -OCH3 is 1. The summed E-state index contributed by atoms with van der Waals surface area (Å²) in [5, 5.41) is 0.256. The monoisotopic (exact) mass is 566 g/mol. The van der Waals surface area contributed by atoms with Gasteiger partial charge in [-0.15, -0.1) is 0 Å². The maximum Gasteiger partial charge on any atom is 0.305 e. The number of carbonyl (C=O) groups is 1. The van der Waals surface area contributed by atoms with E-state index in [0.717, 1.165) is 77.4 Å². The Kier molecular flexibility index (Phi) is 15.5. The molecule has 2 unspecified atom stereocenters. The summed E-state index contributed by atoms with van der Waals surface area (Å²) >= 11 is 5.04. The summed E-state index contributed by atoms with van der Waals surface area (Å²) in [6.07, 6.45) is 23.1. The first-order valence-electron chi connectivity index (χ1n) is 15.6. The molecule has 0 amide bonds. The van der Waals surface area contributed by atoms with Crippen molar-refractivity contribution in [2.24, 2.45) is 17.8 Å². The first-order valence-corrected chi connectivity index (χ1v) is 16.2. The summed E-state index contributed by atoms with van der Waals surface area (Å²) in [5.74, 6) is 0.893. The lowest BCUT2D eigenvalue weighted by Crippen LogP contribution is -2.32.